The van der Waals surface area contributed by atoms with Gasteiger partial charge in [0.2, 0.25) is 0 Å². The summed E-state index contributed by atoms with van der Waals surface area (Å²) in [5.41, 5.74) is 7.63. The van der Waals surface area contributed by atoms with Crippen molar-refractivity contribution < 1.29 is 9.84 Å². The van der Waals surface area contributed by atoms with E-state index in [1.54, 1.807) is 0 Å². The number of allylic oxidation sites excluding steroid dienone is 2. The Morgan fingerprint density at radius 3 is 2.48 bits per heavy atom. The van der Waals surface area contributed by atoms with E-state index in [2.05, 4.69) is 52.8 Å². The SMILES string of the molecule is CC(C)=CC1C[C@@H](C)[C@@H]2CC[C@H](C)c3c(OCc4ccccc4)c(O)c(C)c1c32. The van der Waals surface area contributed by atoms with E-state index in [-0.39, 0.29) is 0 Å². The van der Waals surface area contributed by atoms with Gasteiger partial charge in [-0.05, 0) is 80.0 Å². The molecule has 2 aliphatic carbocycles. The molecule has 0 fully saturated rings. The third-order valence-corrected chi connectivity index (χ3v) is 7.02. The lowest BCUT2D eigenvalue weighted by atomic mass is 9.62. The molecule has 0 radical (unpaired) electrons. The van der Waals surface area contributed by atoms with E-state index in [1.165, 1.54) is 41.5 Å². The summed E-state index contributed by atoms with van der Waals surface area (Å²) < 4.78 is 6.33. The van der Waals surface area contributed by atoms with Crippen LogP contribution >= 0.6 is 0 Å². The summed E-state index contributed by atoms with van der Waals surface area (Å²) in [6.07, 6.45) is 5.98. The predicted octanol–water partition coefficient (Wildman–Crippen LogP) is 7.35. The molecule has 1 unspecified atom stereocenters. The fourth-order valence-corrected chi connectivity index (χ4v) is 5.66. The molecule has 0 bridgehead atoms. The maximum absolute atomic E-state index is 11.2. The molecule has 2 heteroatoms. The van der Waals surface area contributed by atoms with Gasteiger partial charge in [0.15, 0.2) is 11.5 Å². The lowest BCUT2D eigenvalue weighted by molar-refractivity contribution is 0.270. The van der Waals surface area contributed by atoms with Crippen molar-refractivity contribution in [3.05, 3.63) is 69.8 Å². The second-order valence-electron chi connectivity index (χ2n) is 9.47. The van der Waals surface area contributed by atoms with Crippen molar-refractivity contribution in [2.45, 2.75) is 78.2 Å². The molecule has 0 saturated heterocycles. The Hall–Kier alpha value is -2.22. The fourth-order valence-electron chi connectivity index (χ4n) is 5.66. The molecule has 2 aromatic rings. The van der Waals surface area contributed by atoms with Gasteiger partial charge >= 0.3 is 0 Å². The molecule has 0 saturated carbocycles. The van der Waals surface area contributed by atoms with Crippen molar-refractivity contribution in [3.8, 4) is 11.5 Å². The molecule has 4 rings (SSSR count). The van der Waals surface area contributed by atoms with E-state index >= 15 is 0 Å². The maximum Gasteiger partial charge on any atom is 0.165 e. The number of aromatic hydroxyl groups is 1. The van der Waals surface area contributed by atoms with Crippen molar-refractivity contribution in [1.82, 2.24) is 0 Å². The Bertz CT molecular complexity index is 922. The van der Waals surface area contributed by atoms with Gasteiger partial charge in [-0.25, -0.2) is 0 Å². The molecular weight excluding hydrogens is 356 g/mol. The molecule has 29 heavy (non-hydrogen) atoms. The summed E-state index contributed by atoms with van der Waals surface area (Å²) in [5.74, 6) is 3.11. The van der Waals surface area contributed by atoms with Gasteiger partial charge in [-0.3, -0.25) is 0 Å². The van der Waals surface area contributed by atoms with Crippen molar-refractivity contribution in [1.29, 1.82) is 0 Å². The number of rotatable bonds is 4. The van der Waals surface area contributed by atoms with Gasteiger partial charge in [-0.1, -0.05) is 55.8 Å². The third-order valence-electron chi connectivity index (χ3n) is 7.02. The van der Waals surface area contributed by atoms with Crippen LogP contribution in [0.5, 0.6) is 11.5 Å². The second-order valence-corrected chi connectivity index (χ2v) is 9.47. The molecule has 2 aliphatic rings. The minimum absolute atomic E-state index is 0.351. The van der Waals surface area contributed by atoms with Crippen LogP contribution in [-0.2, 0) is 6.61 Å². The van der Waals surface area contributed by atoms with Crippen LogP contribution in [0, 0.1) is 12.8 Å². The first-order chi connectivity index (χ1) is 13.9. The summed E-state index contributed by atoms with van der Waals surface area (Å²) in [5, 5.41) is 11.2. The average Bonchev–Trinajstić information content (AvgIpc) is 2.68. The van der Waals surface area contributed by atoms with Crippen LogP contribution in [-0.4, -0.2) is 5.11 Å². The molecular formula is C27H34O2. The zero-order chi connectivity index (χ0) is 20.7. The van der Waals surface area contributed by atoms with Crippen LogP contribution in [0.1, 0.15) is 92.5 Å². The van der Waals surface area contributed by atoms with Gasteiger partial charge in [0.25, 0.3) is 0 Å². The Labute approximate surface area is 175 Å². The van der Waals surface area contributed by atoms with Gasteiger partial charge in [-0.2, -0.15) is 0 Å². The van der Waals surface area contributed by atoms with Crippen molar-refractivity contribution in [2.75, 3.05) is 0 Å². The van der Waals surface area contributed by atoms with Crippen LogP contribution in [0.2, 0.25) is 0 Å². The van der Waals surface area contributed by atoms with E-state index < -0.39 is 0 Å². The first-order valence-corrected chi connectivity index (χ1v) is 11.1. The monoisotopic (exact) mass is 390 g/mol. The van der Waals surface area contributed by atoms with E-state index in [0.717, 1.165) is 16.9 Å². The molecule has 0 amide bonds. The number of hydrogen-bond donors (Lipinski definition) is 1. The first kappa shape index (κ1) is 20.1. The average molecular weight is 391 g/mol. The highest BCUT2D eigenvalue weighted by Gasteiger charge is 2.41. The molecule has 2 nitrogen and oxygen atoms in total. The molecule has 0 aliphatic heterocycles. The fraction of sp³-hybridized carbons (Fsp3) is 0.481. The summed E-state index contributed by atoms with van der Waals surface area (Å²) >= 11 is 0. The Morgan fingerprint density at radius 2 is 1.79 bits per heavy atom. The van der Waals surface area contributed by atoms with Crippen LogP contribution < -0.4 is 4.74 Å². The van der Waals surface area contributed by atoms with E-state index in [9.17, 15) is 5.11 Å². The van der Waals surface area contributed by atoms with Crippen molar-refractivity contribution in [2.24, 2.45) is 5.92 Å². The van der Waals surface area contributed by atoms with Crippen molar-refractivity contribution in [3.63, 3.8) is 0 Å². The lowest BCUT2D eigenvalue weighted by Crippen LogP contribution is -2.28. The number of benzene rings is 2. The van der Waals surface area contributed by atoms with Crippen LogP contribution in [0.25, 0.3) is 0 Å². The Morgan fingerprint density at radius 1 is 1.07 bits per heavy atom. The molecule has 2 aromatic carbocycles. The van der Waals surface area contributed by atoms with E-state index in [4.69, 9.17) is 4.74 Å². The molecule has 4 atom stereocenters. The quantitative estimate of drug-likeness (QED) is 0.553. The Balaban J connectivity index is 1.87. The van der Waals surface area contributed by atoms with E-state index in [1.807, 2.05) is 18.2 Å². The second kappa shape index (κ2) is 7.89. The summed E-state index contributed by atoms with van der Waals surface area (Å²) in [6.45, 7) is 11.6. The van der Waals surface area contributed by atoms with Gasteiger partial charge in [-0.15, -0.1) is 0 Å². The molecule has 154 valence electrons. The Kier molecular flexibility index (Phi) is 5.46. The zero-order valence-corrected chi connectivity index (χ0v) is 18.5. The van der Waals surface area contributed by atoms with Gasteiger partial charge in [0, 0.05) is 11.5 Å². The largest absolute Gasteiger partial charge is 0.504 e. The highest BCUT2D eigenvalue weighted by Crippen LogP contribution is 2.58. The normalized spacial score (nSPS) is 25.3. The number of ether oxygens (including phenoxy) is 1. The number of phenolic OH excluding ortho intramolecular Hbond substituents is 1. The molecule has 0 aromatic heterocycles. The highest BCUT2D eigenvalue weighted by atomic mass is 16.5. The minimum Gasteiger partial charge on any atom is -0.504 e. The van der Waals surface area contributed by atoms with Crippen LogP contribution in [0.3, 0.4) is 0 Å². The summed E-state index contributed by atoms with van der Waals surface area (Å²) in [6, 6.07) is 10.2. The van der Waals surface area contributed by atoms with Gasteiger partial charge < -0.3 is 9.84 Å². The highest BCUT2D eigenvalue weighted by molar-refractivity contribution is 5.64. The number of hydrogen-bond acceptors (Lipinski definition) is 2. The van der Waals surface area contributed by atoms with Gasteiger partial charge in [0.1, 0.15) is 6.61 Å². The topological polar surface area (TPSA) is 29.5 Å². The molecule has 0 heterocycles. The van der Waals surface area contributed by atoms with Gasteiger partial charge in [0.05, 0.1) is 0 Å². The van der Waals surface area contributed by atoms with E-state index in [0.29, 0.717) is 36.0 Å². The first-order valence-electron chi connectivity index (χ1n) is 11.1. The standard InChI is InChI=1S/C27H34O2/c1-16(2)13-21-14-18(4)22-12-11-17(3)23-25(22)24(21)19(5)26(28)27(23)29-15-20-9-7-6-8-10-20/h6-10,13,17-18,21-22,28H,11-12,14-15H2,1-5H3/t17-,18+,21?,22-/m0/s1. The minimum atomic E-state index is 0.351. The van der Waals surface area contributed by atoms with Crippen molar-refractivity contribution >= 4 is 0 Å². The lowest BCUT2D eigenvalue weighted by Gasteiger charge is -2.43. The van der Waals surface area contributed by atoms with Crippen LogP contribution in [0.4, 0.5) is 0 Å². The third kappa shape index (κ3) is 3.58. The smallest absolute Gasteiger partial charge is 0.165 e. The zero-order valence-electron chi connectivity index (χ0n) is 18.5. The maximum atomic E-state index is 11.2. The number of phenols is 1. The predicted molar refractivity (Wildman–Crippen MR) is 120 cm³/mol. The summed E-state index contributed by atoms with van der Waals surface area (Å²) in [4.78, 5) is 0. The summed E-state index contributed by atoms with van der Waals surface area (Å²) in [7, 11) is 0. The van der Waals surface area contributed by atoms with Crippen LogP contribution in [0.15, 0.2) is 42.0 Å². The molecule has 0 spiro atoms. The molecule has 1 N–H and O–H groups in total.